The van der Waals surface area contributed by atoms with E-state index in [1.54, 1.807) is 24.3 Å². The van der Waals surface area contributed by atoms with Crippen LogP contribution in [0.3, 0.4) is 0 Å². The van der Waals surface area contributed by atoms with Gasteiger partial charge in [-0.15, -0.1) is 0 Å². The highest BCUT2D eigenvalue weighted by atomic mass is 79.9. The Morgan fingerprint density at radius 1 is 1.25 bits per heavy atom. The first-order chi connectivity index (χ1) is 7.65. The lowest BCUT2D eigenvalue weighted by Gasteiger charge is -2.06. The van der Waals surface area contributed by atoms with Crippen molar-refractivity contribution in [3.8, 4) is 11.6 Å². The molecular formula is C10H5BrCl2N2O. The molecule has 0 fully saturated rings. The first-order valence-corrected chi connectivity index (χ1v) is 5.81. The van der Waals surface area contributed by atoms with Crippen molar-refractivity contribution in [2.24, 2.45) is 0 Å². The number of hydrogen-bond acceptors (Lipinski definition) is 3. The summed E-state index contributed by atoms with van der Waals surface area (Å²) in [5.41, 5.74) is 0. The van der Waals surface area contributed by atoms with Gasteiger partial charge in [-0.3, -0.25) is 0 Å². The van der Waals surface area contributed by atoms with Gasteiger partial charge in [-0.05, 0) is 45.7 Å². The normalized spacial score (nSPS) is 10.2. The zero-order chi connectivity index (χ0) is 11.5. The van der Waals surface area contributed by atoms with Crippen LogP contribution in [0.15, 0.2) is 34.9 Å². The second-order valence-electron chi connectivity index (χ2n) is 2.85. The molecule has 82 valence electrons. The minimum Gasteiger partial charge on any atom is -0.438 e. The molecule has 0 radical (unpaired) electrons. The Balaban J connectivity index is 2.30. The third-order valence-corrected chi connectivity index (χ3v) is 2.65. The molecule has 0 saturated heterocycles. The largest absolute Gasteiger partial charge is 0.438 e. The summed E-state index contributed by atoms with van der Waals surface area (Å²) in [5.74, 6) is 0.935. The van der Waals surface area contributed by atoms with Crippen molar-refractivity contribution in [2.75, 3.05) is 0 Å². The minimum atomic E-state index is 0.125. The van der Waals surface area contributed by atoms with E-state index < -0.39 is 0 Å². The van der Waals surface area contributed by atoms with Gasteiger partial charge in [0.05, 0.1) is 4.47 Å². The molecule has 0 saturated carbocycles. The van der Waals surface area contributed by atoms with E-state index in [0.29, 0.717) is 21.1 Å². The van der Waals surface area contributed by atoms with Gasteiger partial charge in [0.2, 0.25) is 11.2 Å². The Labute approximate surface area is 111 Å². The third kappa shape index (κ3) is 2.84. The molecule has 1 aromatic carbocycles. The summed E-state index contributed by atoms with van der Waals surface area (Å²) in [4.78, 5) is 7.74. The summed E-state index contributed by atoms with van der Waals surface area (Å²) in [5, 5.41) is 0.717. The van der Waals surface area contributed by atoms with Gasteiger partial charge in [-0.25, -0.2) is 4.98 Å². The summed E-state index contributed by atoms with van der Waals surface area (Å²) in [6.07, 6.45) is 1.52. The average Bonchev–Trinajstić information content (AvgIpc) is 2.24. The van der Waals surface area contributed by atoms with E-state index in [1.165, 1.54) is 6.20 Å². The predicted molar refractivity (Wildman–Crippen MR) is 66.3 cm³/mol. The van der Waals surface area contributed by atoms with Crippen molar-refractivity contribution >= 4 is 39.1 Å². The first kappa shape index (κ1) is 11.6. The monoisotopic (exact) mass is 318 g/mol. The molecule has 2 aromatic rings. The number of hydrogen-bond donors (Lipinski definition) is 0. The molecule has 1 aromatic heterocycles. The maximum atomic E-state index is 5.83. The molecule has 0 N–H and O–H groups in total. The van der Waals surface area contributed by atoms with Crippen molar-refractivity contribution < 1.29 is 4.74 Å². The molecule has 0 bridgehead atoms. The Morgan fingerprint density at radius 3 is 2.81 bits per heavy atom. The highest BCUT2D eigenvalue weighted by Crippen LogP contribution is 2.28. The highest BCUT2D eigenvalue weighted by Gasteiger charge is 2.06. The summed E-state index contributed by atoms with van der Waals surface area (Å²) >= 11 is 14.8. The Morgan fingerprint density at radius 2 is 2.06 bits per heavy atom. The molecule has 2 rings (SSSR count). The van der Waals surface area contributed by atoms with Crippen molar-refractivity contribution in [1.29, 1.82) is 0 Å². The molecule has 0 aliphatic rings. The van der Waals surface area contributed by atoms with Crippen molar-refractivity contribution in [3.63, 3.8) is 0 Å². The topological polar surface area (TPSA) is 35.0 Å². The second-order valence-corrected chi connectivity index (χ2v) is 4.48. The lowest BCUT2D eigenvalue weighted by atomic mass is 10.3. The van der Waals surface area contributed by atoms with Crippen LogP contribution in [0.1, 0.15) is 0 Å². The van der Waals surface area contributed by atoms with Crippen LogP contribution in [0.5, 0.6) is 11.6 Å². The summed E-state index contributed by atoms with van der Waals surface area (Å²) in [6.45, 7) is 0. The minimum absolute atomic E-state index is 0.125. The Bertz CT molecular complexity index is 522. The third-order valence-electron chi connectivity index (χ3n) is 1.69. The van der Waals surface area contributed by atoms with Crippen LogP contribution >= 0.6 is 39.1 Å². The SMILES string of the molecule is Clc1cccc(Oc2nc(Cl)ncc2Br)c1. The molecule has 16 heavy (non-hydrogen) atoms. The van der Waals surface area contributed by atoms with Crippen molar-refractivity contribution in [3.05, 3.63) is 45.2 Å². The smallest absolute Gasteiger partial charge is 0.237 e. The lowest BCUT2D eigenvalue weighted by Crippen LogP contribution is -1.91. The van der Waals surface area contributed by atoms with Crippen LogP contribution in [0.25, 0.3) is 0 Å². The maximum absolute atomic E-state index is 5.83. The predicted octanol–water partition coefficient (Wildman–Crippen LogP) is 4.34. The van der Waals surface area contributed by atoms with E-state index in [2.05, 4.69) is 25.9 Å². The van der Waals surface area contributed by atoms with Gasteiger partial charge < -0.3 is 4.74 Å². The van der Waals surface area contributed by atoms with Crippen LogP contribution in [0.4, 0.5) is 0 Å². The molecule has 0 unspecified atom stereocenters. The summed E-state index contributed by atoms with van der Waals surface area (Å²) in [7, 11) is 0. The fourth-order valence-electron chi connectivity index (χ4n) is 1.04. The molecule has 0 aliphatic heterocycles. The molecule has 0 atom stereocenters. The first-order valence-electron chi connectivity index (χ1n) is 4.26. The van der Waals surface area contributed by atoms with E-state index >= 15 is 0 Å². The zero-order valence-corrected chi connectivity index (χ0v) is 10.9. The number of benzene rings is 1. The lowest BCUT2D eigenvalue weighted by molar-refractivity contribution is 0.458. The Hall–Kier alpha value is -0.840. The number of aromatic nitrogens is 2. The number of rotatable bonds is 2. The molecule has 6 heteroatoms. The van der Waals surface area contributed by atoms with Gasteiger partial charge in [0, 0.05) is 11.2 Å². The quantitative estimate of drug-likeness (QED) is 0.772. The zero-order valence-electron chi connectivity index (χ0n) is 7.82. The molecule has 0 aliphatic carbocycles. The van der Waals surface area contributed by atoms with Crippen LogP contribution in [-0.4, -0.2) is 9.97 Å². The highest BCUT2D eigenvalue weighted by molar-refractivity contribution is 9.10. The average molecular weight is 320 g/mol. The summed E-state index contributed by atoms with van der Waals surface area (Å²) in [6, 6.07) is 7.00. The number of ether oxygens (including phenoxy) is 1. The molecule has 0 amide bonds. The van der Waals surface area contributed by atoms with Gasteiger partial charge in [0.25, 0.3) is 0 Å². The van der Waals surface area contributed by atoms with E-state index in [-0.39, 0.29) is 5.28 Å². The van der Waals surface area contributed by atoms with Crippen molar-refractivity contribution in [1.82, 2.24) is 9.97 Å². The molecule has 0 spiro atoms. The van der Waals surface area contributed by atoms with Gasteiger partial charge in [0.1, 0.15) is 5.75 Å². The fourth-order valence-corrected chi connectivity index (χ4v) is 1.62. The van der Waals surface area contributed by atoms with Crippen LogP contribution in [-0.2, 0) is 0 Å². The van der Waals surface area contributed by atoms with Crippen LogP contribution in [0, 0.1) is 0 Å². The molecular weight excluding hydrogens is 315 g/mol. The standard InChI is InChI=1S/C10H5BrCl2N2O/c11-8-5-14-10(13)15-9(8)16-7-3-1-2-6(12)4-7/h1-5H. The van der Waals surface area contributed by atoms with E-state index in [4.69, 9.17) is 27.9 Å². The van der Waals surface area contributed by atoms with Gasteiger partial charge in [-0.1, -0.05) is 17.7 Å². The maximum Gasteiger partial charge on any atom is 0.237 e. The summed E-state index contributed by atoms with van der Waals surface area (Å²) < 4.78 is 6.13. The number of halogens is 3. The van der Waals surface area contributed by atoms with Gasteiger partial charge >= 0.3 is 0 Å². The van der Waals surface area contributed by atoms with Crippen molar-refractivity contribution in [2.45, 2.75) is 0 Å². The van der Waals surface area contributed by atoms with E-state index in [0.717, 1.165) is 0 Å². The van der Waals surface area contributed by atoms with E-state index in [1.807, 2.05) is 0 Å². The van der Waals surface area contributed by atoms with E-state index in [9.17, 15) is 0 Å². The fraction of sp³-hybridized carbons (Fsp3) is 0. The van der Waals surface area contributed by atoms with Crippen LogP contribution < -0.4 is 4.74 Å². The van der Waals surface area contributed by atoms with Crippen LogP contribution in [0.2, 0.25) is 10.3 Å². The number of nitrogens with zero attached hydrogens (tertiary/aromatic N) is 2. The van der Waals surface area contributed by atoms with Gasteiger partial charge in [-0.2, -0.15) is 4.98 Å². The molecule has 3 nitrogen and oxygen atoms in total. The van der Waals surface area contributed by atoms with Gasteiger partial charge in [0.15, 0.2) is 0 Å². The Kier molecular flexibility index (Phi) is 3.63. The second kappa shape index (κ2) is 4.99. The molecule has 1 heterocycles.